The van der Waals surface area contributed by atoms with E-state index in [1.807, 2.05) is 0 Å². The van der Waals surface area contributed by atoms with Crippen molar-refractivity contribution >= 4 is 0 Å². The molecule has 2 heteroatoms. The van der Waals surface area contributed by atoms with E-state index in [0.717, 1.165) is 12.5 Å². The van der Waals surface area contributed by atoms with Crippen molar-refractivity contribution in [1.29, 1.82) is 0 Å². The van der Waals surface area contributed by atoms with Crippen molar-refractivity contribution in [1.82, 2.24) is 5.32 Å². The number of ether oxygens (including phenoxy) is 1. The largest absolute Gasteiger partial charge is 0.373 e. The van der Waals surface area contributed by atoms with Gasteiger partial charge in [-0.3, -0.25) is 0 Å². The summed E-state index contributed by atoms with van der Waals surface area (Å²) < 4.78 is 6.54. The molecule has 0 heterocycles. The van der Waals surface area contributed by atoms with Gasteiger partial charge in [-0.2, -0.15) is 0 Å². The molecule has 0 aromatic rings. The second-order valence-corrected chi connectivity index (χ2v) is 7.66. The SMILES string of the molecule is CCNC1CCCCC1OC1CC(C)CC(C)(C)C1. The van der Waals surface area contributed by atoms with Crippen LogP contribution in [-0.2, 0) is 4.74 Å². The summed E-state index contributed by atoms with van der Waals surface area (Å²) in [5.41, 5.74) is 0.463. The molecule has 0 radical (unpaired) electrons. The van der Waals surface area contributed by atoms with E-state index in [0.29, 0.717) is 23.7 Å². The molecule has 0 amide bonds. The Bertz CT molecular complexity index is 274. The van der Waals surface area contributed by atoms with Crippen molar-refractivity contribution < 1.29 is 4.74 Å². The maximum atomic E-state index is 6.54. The average molecular weight is 267 g/mol. The van der Waals surface area contributed by atoms with E-state index in [2.05, 4.69) is 33.0 Å². The maximum absolute atomic E-state index is 6.54. The van der Waals surface area contributed by atoms with Gasteiger partial charge in [-0.05, 0) is 50.0 Å². The van der Waals surface area contributed by atoms with Gasteiger partial charge in [-0.15, -0.1) is 0 Å². The Balaban J connectivity index is 1.91. The predicted molar refractivity (Wildman–Crippen MR) is 81.4 cm³/mol. The number of nitrogens with one attached hydrogen (secondary N) is 1. The number of hydrogen-bond acceptors (Lipinski definition) is 2. The van der Waals surface area contributed by atoms with Gasteiger partial charge in [0.05, 0.1) is 12.2 Å². The highest BCUT2D eigenvalue weighted by molar-refractivity contribution is 4.87. The van der Waals surface area contributed by atoms with Gasteiger partial charge in [-0.25, -0.2) is 0 Å². The fraction of sp³-hybridized carbons (Fsp3) is 1.00. The lowest BCUT2D eigenvalue weighted by atomic mass is 9.71. The number of rotatable bonds is 4. The molecule has 112 valence electrons. The molecule has 0 aliphatic heterocycles. The highest BCUT2D eigenvalue weighted by Gasteiger charge is 2.35. The van der Waals surface area contributed by atoms with E-state index in [4.69, 9.17) is 4.74 Å². The van der Waals surface area contributed by atoms with Crippen LogP contribution in [0, 0.1) is 11.3 Å². The van der Waals surface area contributed by atoms with Crippen molar-refractivity contribution in [2.24, 2.45) is 11.3 Å². The van der Waals surface area contributed by atoms with Crippen LogP contribution in [-0.4, -0.2) is 24.8 Å². The van der Waals surface area contributed by atoms with Crippen molar-refractivity contribution in [3.63, 3.8) is 0 Å². The Morgan fingerprint density at radius 2 is 1.89 bits per heavy atom. The van der Waals surface area contributed by atoms with E-state index in [1.165, 1.54) is 44.9 Å². The lowest BCUT2D eigenvalue weighted by molar-refractivity contribution is -0.0875. The molecule has 1 N–H and O–H groups in total. The molecule has 19 heavy (non-hydrogen) atoms. The van der Waals surface area contributed by atoms with Crippen molar-refractivity contribution in [3.8, 4) is 0 Å². The molecule has 2 aliphatic rings. The predicted octanol–water partition coefficient (Wildman–Crippen LogP) is 4.14. The molecule has 4 atom stereocenters. The Hall–Kier alpha value is -0.0800. The molecule has 0 spiro atoms. The highest BCUT2D eigenvalue weighted by Crippen LogP contribution is 2.40. The summed E-state index contributed by atoms with van der Waals surface area (Å²) in [4.78, 5) is 0. The van der Waals surface area contributed by atoms with Crippen molar-refractivity contribution in [3.05, 3.63) is 0 Å². The third kappa shape index (κ3) is 4.46. The van der Waals surface area contributed by atoms with Gasteiger partial charge in [0.25, 0.3) is 0 Å². The standard InChI is InChI=1S/C17H33NO/c1-5-18-15-8-6-7-9-16(15)19-14-10-13(2)11-17(3,4)12-14/h13-16,18H,5-12H2,1-4H3. The van der Waals surface area contributed by atoms with Gasteiger partial charge in [0.2, 0.25) is 0 Å². The first-order chi connectivity index (χ1) is 9.00. The van der Waals surface area contributed by atoms with E-state index in [-0.39, 0.29) is 0 Å². The van der Waals surface area contributed by atoms with Crippen LogP contribution in [0.25, 0.3) is 0 Å². The minimum Gasteiger partial charge on any atom is -0.373 e. The lowest BCUT2D eigenvalue weighted by Gasteiger charge is -2.42. The Morgan fingerprint density at radius 3 is 2.58 bits per heavy atom. The first-order valence-electron chi connectivity index (χ1n) is 8.39. The highest BCUT2D eigenvalue weighted by atomic mass is 16.5. The molecule has 0 saturated heterocycles. The van der Waals surface area contributed by atoms with E-state index in [9.17, 15) is 0 Å². The van der Waals surface area contributed by atoms with Gasteiger partial charge in [-0.1, -0.05) is 40.5 Å². The second kappa shape index (κ2) is 6.58. The first kappa shape index (κ1) is 15.3. The molecule has 4 unspecified atom stereocenters. The molecule has 2 aliphatic carbocycles. The minimum atomic E-state index is 0.458. The number of likely N-dealkylation sites (N-methyl/N-ethyl adjacent to an activating group) is 1. The summed E-state index contributed by atoms with van der Waals surface area (Å²) >= 11 is 0. The fourth-order valence-corrected chi connectivity index (χ4v) is 4.36. The third-order valence-electron chi connectivity index (χ3n) is 4.88. The van der Waals surface area contributed by atoms with E-state index in [1.54, 1.807) is 0 Å². The zero-order chi connectivity index (χ0) is 13.9. The Morgan fingerprint density at radius 1 is 1.16 bits per heavy atom. The summed E-state index contributed by atoms with van der Waals surface area (Å²) in [6.07, 6.45) is 10.1. The van der Waals surface area contributed by atoms with Gasteiger partial charge >= 0.3 is 0 Å². The molecule has 2 rings (SSSR count). The number of hydrogen-bond donors (Lipinski definition) is 1. The molecule has 0 bridgehead atoms. The minimum absolute atomic E-state index is 0.458. The van der Waals surface area contributed by atoms with Gasteiger partial charge in [0.15, 0.2) is 0 Å². The van der Waals surface area contributed by atoms with Crippen LogP contribution in [0.15, 0.2) is 0 Å². The van der Waals surface area contributed by atoms with E-state index >= 15 is 0 Å². The summed E-state index contributed by atoms with van der Waals surface area (Å²) in [7, 11) is 0. The summed E-state index contributed by atoms with van der Waals surface area (Å²) in [6.45, 7) is 10.5. The zero-order valence-corrected chi connectivity index (χ0v) is 13.4. The average Bonchev–Trinajstić information content (AvgIpc) is 2.29. The smallest absolute Gasteiger partial charge is 0.0731 e. The monoisotopic (exact) mass is 267 g/mol. The van der Waals surface area contributed by atoms with Crippen molar-refractivity contribution in [2.75, 3.05) is 6.54 Å². The van der Waals surface area contributed by atoms with Gasteiger partial charge in [0.1, 0.15) is 0 Å². The molecule has 2 saturated carbocycles. The second-order valence-electron chi connectivity index (χ2n) is 7.66. The molecule has 2 nitrogen and oxygen atoms in total. The topological polar surface area (TPSA) is 21.3 Å². The molecule has 0 aromatic carbocycles. The molecule has 2 fully saturated rings. The van der Waals surface area contributed by atoms with Crippen LogP contribution in [0.2, 0.25) is 0 Å². The quantitative estimate of drug-likeness (QED) is 0.826. The van der Waals surface area contributed by atoms with Crippen LogP contribution in [0.4, 0.5) is 0 Å². The first-order valence-corrected chi connectivity index (χ1v) is 8.39. The van der Waals surface area contributed by atoms with E-state index < -0.39 is 0 Å². The fourth-order valence-electron chi connectivity index (χ4n) is 4.36. The normalized spacial score (nSPS) is 39.2. The van der Waals surface area contributed by atoms with Crippen LogP contribution < -0.4 is 5.32 Å². The molecule has 0 aromatic heterocycles. The Labute approximate surface area is 119 Å². The lowest BCUT2D eigenvalue weighted by Crippen LogP contribution is -2.46. The van der Waals surface area contributed by atoms with Crippen LogP contribution >= 0.6 is 0 Å². The van der Waals surface area contributed by atoms with Crippen LogP contribution in [0.1, 0.15) is 72.6 Å². The van der Waals surface area contributed by atoms with Gasteiger partial charge in [0, 0.05) is 6.04 Å². The summed E-state index contributed by atoms with van der Waals surface area (Å²) in [5.74, 6) is 0.815. The van der Waals surface area contributed by atoms with Crippen LogP contribution in [0.5, 0.6) is 0 Å². The summed E-state index contributed by atoms with van der Waals surface area (Å²) in [5, 5.41) is 3.63. The molecular formula is C17H33NO. The maximum Gasteiger partial charge on any atom is 0.0731 e. The van der Waals surface area contributed by atoms with Gasteiger partial charge < -0.3 is 10.1 Å². The zero-order valence-electron chi connectivity index (χ0n) is 13.4. The third-order valence-corrected chi connectivity index (χ3v) is 4.88. The summed E-state index contributed by atoms with van der Waals surface area (Å²) in [6, 6.07) is 0.596. The van der Waals surface area contributed by atoms with Crippen molar-refractivity contribution in [2.45, 2.75) is 90.9 Å². The molecular weight excluding hydrogens is 234 g/mol. The Kier molecular flexibility index (Phi) is 5.30. The van der Waals surface area contributed by atoms with Crippen LogP contribution in [0.3, 0.4) is 0 Å².